The summed E-state index contributed by atoms with van der Waals surface area (Å²) in [6.45, 7) is 5.78. The first-order chi connectivity index (χ1) is 8.61. The second-order valence-corrected chi connectivity index (χ2v) is 5.73. The maximum Gasteiger partial charge on any atom is 0.119 e. The fraction of sp³-hybridized carbons (Fsp3) is 0.625. The van der Waals surface area contributed by atoms with Gasteiger partial charge >= 0.3 is 0 Å². The maximum absolute atomic E-state index is 5.38. The Labute approximate surface area is 111 Å². The van der Waals surface area contributed by atoms with Gasteiger partial charge in [-0.3, -0.25) is 0 Å². The molecule has 2 atom stereocenters. The third-order valence-electron chi connectivity index (χ3n) is 4.40. The molecule has 1 aliphatic heterocycles. The highest BCUT2D eigenvalue weighted by molar-refractivity contribution is 5.35. The van der Waals surface area contributed by atoms with Gasteiger partial charge in [0.25, 0.3) is 0 Å². The van der Waals surface area contributed by atoms with Crippen LogP contribution in [0.4, 0.5) is 0 Å². The molecule has 0 amide bonds. The molecule has 1 aliphatic rings. The maximum atomic E-state index is 5.38. The van der Waals surface area contributed by atoms with Gasteiger partial charge in [0.1, 0.15) is 5.75 Å². The number of likely N-dealkylation sites (tertiary alicyclic amines) is 1. The third-order valence-corrected chi connectivity index (χ3v) is 4.40. The highest BCUT2D eigenvalue weighted by Gasteiger charge is 2.41. The number of benzene rings is 1. The summed E-state index contributed by atoms with van der Waals surface area (Å²) in [4.78, 5) is 2.48. The van der Waals surface area contributed by atoms with Crippen molar-refractivity contribution in [2.24, 2.45) is 0 Å². The second-order valence-electron chi connectivity index (χ2n) is 5.73. The second kappa shape index (κ2) is 5.31. The van der Waals surface area contributed by atoms with Crippen molar-refractivity contribution in [1.82, 2.24) is 4.90 Å². The van der Waals surface area contributed by atoms with Crippen LogP contribution in [0.15, 0.2) is 24.3 Å². The Morgan fingerprint density at radius 1 is 1.44 bits per heavy atom. The molecular formula is C16H25NO. The molecule has 1 heterocycles. The number of methoxy groups -OCH3 is 1. The Morgan fingerprint density at radius 2 is 2.22 bits per heavy atom. The van der Waals surface area contributed by atoms with Gasteiger partial charge in [-0.15, -0.1) is 0 Å². The summed E-state index contributed by atoms with van der Waals surface area (Å²) in [6.07, 6.45) is 3.75. The molecule has 0 aliphatic carbocycles. The monoisotopic (exact) mass is 247 g/mol. The third kappa shape index (κ3) is 2.39. The number of hydrogen-bond donors (Lipinski definition) is 0. The zero-order valence-corrected chi connectivity index (χ0v) is 12.1. The summed E-state index contributed by atoms with van der Waals surface area (Å²) in [5.41, 5.74) is 1.76. The minimum Gasteiger partial charge on any atom is -0.497 e. The van der Waals surface area contributed by atoms with Crippen molar-refractivity contribution >= 4 is 0 Å². The van der Waals surface area contributed by atoms with E-state index in [-0.39, 0.29) is 0 Å². The van der Waals surface area contributed by atoms with Crippen LogP contribution >= 0.6 is 0 Å². The fourth-order valence-corrected chi connectivity index (χ4v) is 3.39. The van der Waals surface area contributed by atoms with Crippen LogP contribution in [0.25, 0.3) is 0 Å². The molecule has 2 heteroatoms. The molecule has 0 unspecified atom stereocenters. The van der Waals surface area contributed by atoms with Gasteiger partial charge in [0.05, 0.1) is 7.11 Å². The molecule has 2 rings (SSSR count). The number of hydrogen-bond acceptors (Lipinski definition) is 2. The van der Waals surface area contributed by atoms with E-state index in [2.05, 4.69) is 44.0 Å². The average Bonchev–Trinajstić information content (AvgIpc) is 2.66. The predicted molar refractivity (Wildman–Crippen MR) is 76.3 cm³/mol. The summed E-state index contributed by atoms with van der Waals surface area (Å²) in [6, 6.07) is 9.31. The fourth-order valence-electron chi connectivity index (χ4n) is 3.39. The van der Waals surface area contributed by atoms with Crippen molar-refractivity contribution in [3.63, 3.8) is 0 Å². The van der Waals surface area contributed by atoms with Crippen molar-refractivity contribution in [2.45, 2.75) is 44.6 Å². The van der Waals surface area contributed by atoms with Crippen LogP contribution in [0, 0.1) is 0 Å². The molecule has 0 N–H and O–H groups in total. The molecular weight excluding hydrogens is 222 g/mol. The quantitative estimate of drug-likeness (QED) is 0.808. The molecule has 1 saturated heterocycles. The zero-order valence-electron chi connectivity index (χ0n) is 12.1. The molecule has 0 spiro atoms. The molecule has 1 fully saturated rings. The van der Waals surface area contributed by atoms with Gasteiger partial charge in [-0.05, 0) is 44.5 Å². The van der Waals surface area contributed by atoms with Crippen LogP contribution < -0.4 is 4.74 Å². The Kier molecular flexibility index (Phi) is 3.96. The molecule has 0 radical (unpaired) electrons. The van der Waals surface area contributed by atoms with E-state index in [4.69, 9.17) is 4.74 Å². The van der Waals surface area contributed by atoms with Gasteiger partial charge in [0.2, 0.25) is 0 Å². The van der Waals surface area contributed by atoms with Crippen molar-refractivity contribution in [3.8, 4) is 5.75 Å². The Morgan fingerprint density at radius 3 is 2.78 bits per heavy atom. The van der Waals surface area contributed by atoms with E-state index in [0.29, 0.717) is 11.5 Å². The molecule has 0 bridgehead atoms. The lowest BCUT2D eigenvalue weighted by atomic mass is 9.75. The van der Waals surface area contributed by atoms with Crippen molar-refractivity contribution in [3.05, 3.63) is 29.8 Å². The summed E-state index contributed by atoms with van der Waals surface area (Å²) >= 11 is 0. The number of ether oxygens (including phenoxy) is 1. The molecule has 100 valence electrons. The summed E-state index contributed by atoms with van der Waals surface area (Å²) in [7, 11) is 3.98. The van der Waals surface area contributed by atoms with Gasteiger partial charge in [0.15, 0.2) is 0 Å². The van der Waals surface area contributed by atoms with Gasteiger partial charge in [-0.25, -0.2) is 0 Å². The average molecular weight is 247 g/mol. The first-order valence-corrected chi connectivity index (χ1v) is 6.96. The highest BCUT2D eigenvalue weighted by atomic mass is 16.5. The van der Waals surface area contributed by atoms with E-state index in [0.717, 1.165) is 12.3 Å². The Balaban J connectivity index is 2.35. The predicted octanol–water partition coefficient (Wildman–Crippen LogP) is 3.46. The lowest BCUT2D eigenvalue weighted by Gasteiger charge is -2.29. The van der Waals surface area contributed by atoms with Crippen LogP contribution in [0.5, 0.6) is 5.75 Å². The molecule has 1 aromatic rings. The van der Waals surface area contributed by atoms with Crippen LogP contribution in [0.2, 0.25) is 0 Å². The molecule has 1 aromatic carbocycles. The lowest BCUT2D eigenvalue weighted by molar-refractivity contribution is 0.313. The lowest BCUT2D eigenvalue weighted by Crippen LogP contribution is -2.29. The van der Waals surface area contributed by atoms with Gasteiger partial charge < -0.3 is 9.64 Å². The van der Waals surface area contributed by atoms with Crippen molar-refractivity contribution in [1.29, 1.82) is 0 Å². The van der Waals surface area contributed by atoms with Crippen molar-refractivity contribution in [2.75, 3.05) is 20.7 Å². The molecule has 2 nitrogen and oxygen atoms in total. The smallest absolute Gasteiger partial charge is 0.119 e. The molecule has 0 saturated carbocycles. The minimum absolute atomic E-state index is 0.317. The van der Waals surface area contributed by atoms with E-state index >= 15 is 0 Å². The summed E-state index contributed by atoms with van der Waals surface area (Å²) in [5, 5.41) is 0. The van der Waals surface area contributed by atoms with E-state index in [9.17, 15) is 0 Å². The summed E-state index contributed by atoms with van der Waals surface area (Å²) < 4.78 is 5.38. The van der Waals surface area contributed by atoms with Crippen LogP contribution in [0.3, 0.4) is 0 Å². The first kappa shape index (κ1) is 13.4. The highest BCUT2D eigenvalue weighted by Crippen LogP contribution is 2.41. The number of rotatable bonds is 4. The van der Waals surface area contributed by atoms with Crippen LogP contribution in [-0.2, 0) is 5.41 Å². The van der Waals surface area contributed by atoms with Gasteiger partial charge in [0, 0.05) is 18.0 Å². The minimum atomic E-state index is 0.317. The van der Waals surface area contributed by atoms with Crippen molar-refractivity contribution < 1.29 is 4.74 Å². The largest absolute Gasteiger partial charge is 0.497 e. The SMILES string of the molecule is CCC[C@@]1(c2cccc(OC)c2)C[C@@H](C)N(C)C1. The Hall–Kier alpha value is -1.02. The number of nitrogens with zero attached hydrogens (tertiary/aromatic N) is 1. The molecule has 18 heavy (non-hydrogen) atoms. The van der Waals surface area contributed by atoms with E-state index in [1.807, 2.05) is 6.07 Å². The first-order valence-electron chi connectivity index (χ1n) is 6.96. The van der Waals surface area contributed by atoms with E-state index < -0.39 is 0 Å². The van der Waals surface area contributed by atoms with Crippen LogP contribution in [-0.4, -0.2) is 31.6 Å². The normalized spacial score (nSPS) is 28.6. The van der Waals surface area contributed by atoms with Gasteiger partial charge in [-0.1, -0.05) is 25.5 Å². The number of likely N-dealkylation sites (N-methyl/N-ethyl adjacent to an activating group) is 1. The topological polar surface area (TPSA) is 12.5 Å². The van der Waals surface area contributed by atoms with E-state index in [1.54, 1.807) is 7.11 Å². The summed E-state index contributed by atoms with van der Waals surface area (Å²) in [5.74, 6) is 0.977. The van der Waals surface area contributed by atoms with Gasteiger partial charge in [-0.2, -0.15) is 0 Å². The Bertz CT molecular complexity index is 392. The molecule has 0 aromatic heterocycles. The zero-order chi connectivity index (χ0) is 13.2. The van der Waals surface area contributed by atoms with E-state index in [1.165, 1.54) is 24.8 Å². The standard InChI is InChI=1S/C16H25NO/c1-5-9-16(11-13(2)17(3)12-16)14-7-6-8-15(10-14)18-4/h6-8,10,13H,5,9,11-12H2,1-4H3/t13-,16-/m1/s1. The van der Waals surface area contributed by atoms with Crippen LogP contribution in [0.1, 0.15) is 38.7 Å².